The van der Waals surface area contributed by atoms with Crippen LogP contribution in [0.25, 0.3) is 0 Å². The van der Waals surface area contributed by atoms with Crippen molar-refractivity contribution in [1.29, 1.82) is 0 Å². The molecule has 0 radical (unpaired) electrons. The number of halogens is 2. The van der Waals surface area contributed by atoms with Crippen LogP contribution in [-0.2, 0) is 4.79 Å². The summed E-state index contributed by atoms with van der Waals surface area (Å²) in [7, 11) is 4.11. The smallest absolute Gasteiger partial charge is 0.220 e. The fourth-order valence-corrected chi connectivity index (χ4v) is 1.73. The van der Waals surface area contributed by atoms with E-state index in [4.69, 9.17) is 5.73 Å². The summed E-state index contributed by atoms with van der Waals surface area (Å²) in [5.74, 6) is 0.117. The molecule has 6 heteroatoms. The first-order valence-electron chi connectivity index (χ1n) is 6.82. The van der Waals surface area contributed by atoms with Gasteiger partial charge in [-0.2, -0.15) is 0 Å². The Labute approximate surface area is 137 Å². The molecule has 0 saturated carbocycles. The molecule has 0 aromatic carbocycles. The monoisotopic (exact) mass is 329 g/mol. The fourth-order valence-electron chi connectivity index (χ4n) is 1.73. The van der Waals surface area contributed by atoms with Crippen molar-refractivity contribution in [2.45, 2.75) is 59.0 Å². The lowest BCUT2D eigenvalue weighted by atomic mass is 9.84. The Kier molecular flexibility index (Phi) is 14.5. The van der Waals surface area contributed by atoms with E-state index in [9.17, 15) is 4.79 Å². The standard InChI is InChI=1S/C14H31N3O.2ClH/c1-11(15)7-8-13(18)16-12(14(2,3)4)9-10-17(5)6;;/h11-12H,7-10,15H2,1-6H3,(H,16,18);2*1H. The molecule has 0 bridgehead atoms. The topological polar surface area (TPSA) is 58.4 Å². The second-order valence-corrected chi connectivity index (χ2v) is 6.59. The van der Waals surface area contributed by atoms with Crippen molar-refractivity contribution in [3.8, 4) is 0 Å². The molecule has 2 unspecified atom stereocenters. The second kappa shape index (κ2) is 11.6. The minimum Gasteiger partial charge on any atom is -0.353 e. The molecular formula is C14H33Cl2N3O. The normalized spacial score (nSPS) is 14.0. The number of hydrogen-bond acceptors (Lipinski definition) is 3. The van der Waals surface area contributed by atoms with Gasteiger partial charge in [-0.3, -0.25) is 4.79 Å². The van der Waals surface area contributed by atoms with Crippen LogP contribution < -0.4 is 11.1 Å². The minimum atomic E-state index is 0. The van der Waals surface area contributed by atoms with Gasteiger partial charge >= 0.3 is 0 Å². The van der Waals surface area contributed by atoms with Crippen molar-refractivity contribution in [2.24, 2.45) is 11.1 Å². The van der Waals surface area contributed by atoms with Gasteiger partial charge in [-0.05, 0) is 45.8 Å². The van der Waals surface area contributed by atoms with Crippen LogP contribution in [0.1, 0.15) is 47.0 Å². The van der Waals surface area contributed by atoms with E-state index in [-0.39, 0.29) is 48.2 Å². The first-order chi connectivity index (χ1) is 8.12. The highest BCUT2D eigenvalue weighted by Gasteiger charge is 2.25. The van der Waals surface area contributed by atoms with Crippen molar-refractivity contribution in [3.63, 3.8) is 0 Å². The van der Waals surface area contributed by atoms with Crippen molar-refractivity contribution >= 4 is 30.7 Å². The van der Waals surface area contributed by atoms with Gasteiger partial charge in [-0.1, -0.05) is 20.8 Å². The lowest BCUT2D eigenvalue weighted by Crippen LogP contribution is -2.45. The van der Waals surface area contributed by atoms with Crippen molar-refractivity contribution in [3.05, 3.63) is 0 Å². The van der Waals surface area contributed by atoms with E-state index >= 15 is 0 Å². The highest BCUT2D eigenvalue weighted by atomic mass is 35.5. The molecule has 0 aromatic rings. The molecule has 0 saturated heterocycles. The van der Waals surface area contributed by atoms with E-state index in [0.29, 0.717) is 6.42 Å². The van der Waals surface area contributed by atoms with Crippen LogP contribution in [0.4, 0.5) is 0 Å². The number of carbonyl (C=O) groups is 1. The third-order valence-corrected chi connectivity index (χ3v) is 3.07. The molecule has 0 aliphatic heterocycles. The Morgan fingerprint density at radius 1 is 1.20 bits per heavy atom. The first kappa shape index (κ1) is 25.0. The zero-order valence-electron chi connectivity index (χ0n) is 13.7. The number of nitrogens with one attached hydrogen (secondary N) is 1. The van der Waals surface area contributed by atoms with Gasteiger partial charge in [-0.25, -0.2) is 0 Å². The van der Waals surface area contributed by atoms with E-state index in [2.05, 4.69) is 45.1 Å². The molecule has 0 heterocycles. The Bertz CT molecular complexity index is 253. The van der Waals surface area contributed by atoms with Gasteiger partial charge in [0, 0.05) is 18.5 Å². The van der Waals surface area contributed by atoms with Crippen LogP contribution in [0.5, 0.6) is 0 Å². The Hall–Kier alpha value is -0.0300. The number of amides is 1. The van der Waals surface area contributed by atoms with E-state index in [0.717, 1.165) is 19.4 Å². The summed E-state index contributed by atoms with van der Waals surface area (Å²) in [6.07, 6.45) is 2.24. The van der Waals surface area contributed by atoms with E-state index in [1.165, 1.54) is 0 Å². The summed E-state index contributed by atoms with van der Waals surface area (Å²) in [6, 6.07) is 0.297. The molecule has 2 atom stereocenters. The molecular weight excluding hydrogens is 297 g/mol. The SMILES string of the molecule is CC(N)CCC(=O)NC(CCN(C)C)C(C)(C)C.Cl.Cl. The number of carbonyl (C=O) groups excluding carboxylic acids is 1. The van der Waals surface area contributed by atoms with Crippen LogP contribution in [0.15, 0.2) is 0 Å². The minimum absolute atomic E-state index is 0. The fraction of sp³-hybridized carbons (Fsp3) is 0.929. The summed E-state index contributed by atoms with van der Waals surface area (Å²) in [5.41, 5.74) is 5.75. The van der Waals surface area contributed by atoms with Gasteiger partial charge in [0.05, 0.1) is 0 Å². The van der Waals surface area contributed by atoms with Crippen molar-refractivity contribution in [2.75, 3.05) is 20.6 Å². The molecule has 20 heavy (non-hydrogen) atoms. The predicted molar refractivity (Wildman–Crippen MR) is 91.9 cm³/mol. The molecule has 0 spiro atoms. The molecule has 0 aliphatic carbocycles. The van der Waals surface area contributed by atoms with Gasteiger partial charge < -0.3 is 16.0 Å². The van der Waals surface area contributed by atoms with E-state index in [1.807, 2.05) is 6.92 Å². The Balaban J connectivity index is -0.00000144. The predicted octanol–water partition coefficient (Wildman–Crippen LogP) is 2.44. The third kappa shape index (κ3) is 13.0. The van der Waals surface area contributed by atoms with E-state index < -0.39 is 0 Å². The molecule has 0 fully saturated rings. The van der Waals surface area contributed by atoms with Crippen molar-refractivity contribution in [1.82, 2.24) is 10.2 Å². The average Bonchev–Trinajstić information content (AvgIpc) is 2.19. The maximum absolute atomic E-state index is 11.9. The number of rotatable bonds is 7. The largest absolute Gasteiger partial charge is 0.353 e. The molecule has 0 aliphatic rings. The molecule has 4 nitrogen and oxygen atoms in total. The van der Waals surface area contributed by atoms with Crippen LogP contribution in [0.2, 0.25) is 0 Å². The molecule has 1 amide bonds. The zero-order chi connectivity index (χ0) is 14.3. The molecule has 3 N–H and O–H groups in total. The molecule has 0 aromatic heterocycles. The number of nitrogens with two attached hydrogens (primary N) is 1. The van der Waals surface area contributed by atoms with Gasteiger partial charge in [-0.15, -0.1) is 24.8 Å². The van der Waals surface area contributed by atoms with Gasteiger partial charge in [0.25, 0.3) is 0 Å². The number of nitrogens with zero attached hydrogens (tertiary/aromatic N) is 1. The van der Waals surface area contributed by atoms with Crippen LogP contribution in [0.3, 0.4) is 0 Å². The van der Waals surface area contributed by atoms with Gasteiger partial charge in [0.15, 0.2) is 0 Å². The lowest BCUT2D eigenvalue weighted by Gasteiger charge is -2.32. The lowest BCUT2D eigenvalue weighted by molar-refractivity contribution is -0.122. The Morgan fingerprint density at radius 2 is 1.70 bits per heavy atom. The van der Waals surface area contributed by atoms with Crippen LogP contribution in [-0.4, -0.2) is 43.5 Å². The molecule has 0 rings (SSSR count). The third-order valence-electron chi connectivity index (χ3n) is 3.07. The van der Waals surface area contributed by atoms with E-state index in [1.54, 1.807) is 0 Å². The summed E-state index contributed by atoms with van der Waals surface area (Å²) in [4.78, 5) is 14.0. The second-order valence-electron chi connectivity index (χ2n) is 6.59. The van der Waals surface area contributed by atoms with Gasteiger partial charge in [0.1, 0.15) is 0 Å². The summed E-state index contributed by atoms with van der Waals surface area (Å²) >= 11 is 0. The zero-order valence-corrected chi connectivity index (χ0v) is 15.4. The van der Waals surface area contributed by atoms with Crippen LogP contribution in [0, 0.1) is 5.41 Å². The quantitative estimate of drug-likeness (QED) is 0.754. The molecule has 124 valence electrons. The number of hydrogen-bond donors (Lipinski definition) is 2. The van der Waals surface area contributed by atoms with Crippen molar-refractivity contribution < 1.29 is 4.79 Å². The van der Waals surface area contributed by atoms with Gasteiger partial charge in [0.2, 0.25) is 5.91 Å². The first-order valence-corrected chi connectivity index (χ1v) is 6.82. The summed E-state index contributed by atoms with van der Waals surface area (Å²) < 4.78 is 0. The highest BCUT2D eigenvalue weighted by molar-refractivity contribution is 5.85. The highest BCUT2D eigenvalue weighted by Crippen LogP contribution is 2.22. The summed E-state index contributed by atoms with van der Waals surface area (Å²) in [5, 5.41) is 3.15. The van der Waals surface area contributed by atoms with Crippen LogP contribution >= 0.6 is 24.8 Å². The maximum atomic E-state index is 11.9. The Morgan fingerprint density at radius 3 is 2.05 bits per heavy atom. The summed E-state index contributed by atoms with van der Waals surface area (Å²) in [6.45, 7) is 9.41. The maximum Gasteiger partial charge on any atom is 0.220 e. The average molecular weight is 330 g/mol.